The molecule has 0 aliphatic heterocycles. The zero-order valence-corrected chi connectivity index (χ0v) is 11.2. The number of hydrogen-bond acceptors (Lipinski definition) is 5. The first-order chi connectivity index (χ1) is 9.45. The topological polar surface area (TPSA) is 116 Å². The van der Waals surface area contributed by atoms with Gasteiger partial charge in [0, 0.05) is 6.07 Å². The summed E-state index contributed by atoms with van der Waals surface area (Å²) in [6.45, 7) is 2.40. The van der Waals surface area contributed by atoms with Crippen LogP contribution in [0.3, 0.4) is 0 Å². The Hall–Kier alpha value is -2.15. The summed E-state index contributed by atoms with van der Waals surface area (Å²) >= 11 is 0. The molecule has 7 nitrogen and oxygen atoms in total. The van der Waals surface area contributed by atoms with Crippen molar-refractivity contribution in [1.82, 2.24) is 0 Å². The highest BCUT2D eigenvalue weighted by Gasteiger charge is 2.18. The van der Waals surface area contributed by atoms with Gasteiger partial charge in [-0.3, -0.25) is 14.9 Å². The molecule has 110 valence electrons. The van der Waals surface area contributed by atoms with Crippen molar-refractivity contribution in [3.63, 3.8) is 0 Å². The van der Waals surface area contributed by atoms with Crippen LogP contribution in [0.15, 0.2) is 18.2 Å². The molecule has 0 aliphatic rings. The molecule has 0 amide bonds. The first-order valence-corrected chi connectivity index (χ1v) is 6.34. The summed E-state index contributed by atoms with van der Waals surface area (Å²) in [6.07, 6.45) is 1.77. The van der Waals surface area contributed by atoms with Crippen LogP contribution in [0.5, 0.6) is 5.75 Å². The summed E-state index contributed by atoms with van der Waals surface area (Å²) in [7, 11) is 0. The van der Waals surface area contributed by atoms with Gasteiger partial charge in [-0.1, -0.05) is 19.4 Å². The fraction of sp³-hybridized carbons (Fsp3) is 0.462. The number of nitrogens with zero attached hydrogens (tertiary/aromatic N) is 1. The first-order valence-electron chi connectivity index (χ1n) is 6.34. The lowest BCUT2D eigenvalue weighted by Gasteiger charge is -2.09. The minimum atomic E-state index is -1.14. The molecule has 1 rings (SSSR count). The molecule has 0 aromatic heterocycles. The fourth-order valence-corrected chi connectivity index (χ4v) is 1.62. The number of carboxylic acid groups (broad SMARTS) is 1. The summed E-state index contributed by atoms with van der Waals surface area (Å²) in [4.78, 5) is 21.1. The van der Waals surface area contributed by atoms with Gasteiger partial charge in [-0.15, -0.1) is 0 Å². The average Bonchev–Trinajstić information content (AvgIpc) is 2.40. The van der Waals surface area contributed by atoms with Gasteiger partial charge in [0.05, 0.1) is 11.5 Å². The van der Waals surface area contributed by atoms with Gasteiger partial charge in [0.2, 0.25) is 0 Å². The van der Waals surface area contributed by atoms with E-state index < -0.39 is 16.9 Å². The maximum absolute atomic E-state index is 11.0. The molecule has 3 N–H and O–H groups in total. The molecule has 1 aromatic rings. The molecular formula is C13H18N2O5. The summed E-state index contributed by atoms with van der Waals surface area (Å²) in [6, 6.07) is 3.31. The van der Waals surface area contributed by atoms with Crippen LogP contribution in [0, 0.1) is 10.1 Å². The number of nitrogens with two attached hydrogens (primary N) is 1. The van der Waals surface area contributed by atoms with Crippen molar-refractivity contribution in [2.24, 2.45) is 5.73 Å². The molecule has 1 atom stereocenters. The SMILES string of the molecule is CCCCOc1ccc(CC(N)C(=O)O)cc1[N+](=O)[O-]. The van der Waals surface area contributed by atoms with Gasteiger partial charge in [0.1, 0.15) is 6.04 Å². The van der Waals surface area contributed by atoms with Crippen molar-refractivity contribution in [2.75, 3.05) is 6.61 Å². The van der Waals surface area contributed by atoms with Crippen LogP contribution in [-0.2, 0) is 11.2 Å². The summed E-state index contributed by atoms with van der Waals surface area (Å²) in [5, 5.41) is 19.7. The molecule has 20 heavy (non-hydrogen) atoms. The Morgan fingerprint density at radius 1 is 1.55 bits per heavy atom. The molecule has 0 bridgehead atoms. The quantitative estimate of drug-likeness (QED) is 0.426. The number of carbonyl (C=O) groups is 1. The molecule has 0 heterocycles. The minimum absolute atomic E-state index is 0.0331. The van der Waals surface area contributed by atoms with Crippen LogP contribution in [0.1, 0.15) is 25.3 Å². The van der Waals surface area contributed by atoms with E-state index in [1.807, 2.05) is 6.92 Å². The molecule has 0 saturated carbocycles. The van der Waals surface area contributed by atoms with Crippen LogP contribution in [0.2, 0.25) is 0 Å². The predicted octanol–water partition coefficient (Wildman–Crippen LogP) is 1.73. The largest absolute Gasteiger partial charge is 0.487 e. The van der Waals surface area contributed by atoms with Gasteiger partial charge in [0.15, 0.2) is 5.75 Å². The molecule has 0 saturated heterocycles. The third-order valence-corrected chi connectivity index (χ3v) is 2.75. The summed E-state index contributed by atoms with van der Waals surface area (Å²) in [5.74, 6) is -0.952. The van der Waals surface area contributed by atoms with Crippen molar-refractivity contribution in [2.45, 2.75) is 32.2 Å². The second kappa shape index (κ2) is 7.44. The van der Waals surface area contributed by atoms with Gasteiger partial charge in [-0.2, -0.15) is 0 Å². The van der Waals surface area contributed by atoms with Gasteiger partial charge in [-0.05, 0) is 24.5 Å². The lowest BCUT2D eigenvalue weighted by atomic mass is 10.1. The van der Waals surface area contributed by atoms with Crippen molar-refractivity contribution in [3.05, 3.63) is 33.9 Å². The van der Waals surface area contributed by atoms with Gasteiger partial charge >= 0.3 is 11.7 Å². The standard InChI is InChI=1S/C13H18N2O5/c1-2-3-6-20-12-5-4-9(7-10(14)13(16)17)8-11(12)15(18)19/h4-5,8,10H,2-3,6-7,14H2,1H3,(H,16,17). The van der Waals surface area contributed by atoms with Crippen LogP contribution in [-0.4, -0.2) is 28.6 Å². The Labute approximate surface area is 116 Å². The van der Waals surface area contributed by atoms with E-state index in [9.17, 15) is 14.9 Å². The highest BCUT2D eigenvalue weighted by molar-refractivity contribution is 5.73. The molecule has 0 aliphatic carbocycles. The number of ether oxygens (including phenoxy) is 1. The van der Waals surface area contributed by atoms with E-state index in [0.29, 0.717) is 12.2 Å². The lowest BCUT2D eigenvalue weighted by molar-refractivity contribution is -0.385. The number of rotatable bonds is 8. The third kappa shape index (κ3) is 4.51. The first kappa shape index (κ1) is 15.9. The summed E-state index contributed by atoms with van der Waals surface area (Å²) < 4.78 is 5.36. The van der Waals surface area contributed by atoms with Gasteiger partial charge in [0.25, 0.3) is 0 Å². The molecule has 1 aromatic carbocycles. The second-order valence-corrected chi connectivity index (χ2v) is 4.41. The minimum Gasteiger partial charge on any atom is -0.487 e. The molecule has 1 unspecified atom stereocenters. The maximum atomic E-state index is 11.0. The van der Waals surface area contributed by atoms with E-state index >= 15 is 0 Å². The molecule has 0 radical (unpaired) electrons. The van der Waals surface area contributed by atoms with E-state index in [4.69, 9.17) is 15.6 Å². The number of carboxylic acids is 1. The third-order valence-electron chi connectivity index (χ3n) is 2.75. The Kier molecular flexibility index (Phi) is 5.92. The number of benzene rings is 1. The van der Waals surface area contributed by atoms with E-state index in [2.05, 4.69) is 0 Å². The normalized spacial score (nSPS) is 11.9. The number of unbranched alkanes of at least 4 members (excludes halogenated alkanes) is 1. The fourth-order valence-electron chi connectivity index (χ4n) is 1.62. The van der Waals surface area contributed by atoms with Crippen molar-refractivity contribution in [1.29, 1.82) is 0 Å². The predicted molar refractivity (Wildman–Crippen MR) is 72.8 cm³/mol. The monoisotopic (exact) mass is 282 g/mol. The zero-order valence-electron chi connectivity index (χ0n) is 11.2. The lowest BCUT2D eigenvalue weighted by Crippen LogP contribution is -2.32. The van der Waals surface area contributed by atoms with E-state index in [-0.39, 0.29) is 17.9 Å². The molecule has 7 heteroatoms. The Morgan fingerprint density at radius 3 is 2.80 bits per heavy atom. The van der Waals surface area contributed by atoms with E-state index in [1.54, 1.807) is 6.07 Å². The number of hydrogen-bond donors (Lipinski definition) is 2. The Balaban J connectivity index is 2.89. The number of nitro groups is 1. The average molecular weight is 282 g/mol. The number of nitro benzene ring substituents is 1. The summed E-state index contributed by atoms with van der Waals surface area (Å²) in [5.41, 5.74) is 5.73. The maximum Gasteiger partial charge on any atom is 0.320 e. The Morgan fingerprint density at radius 2 is 2.25 bits per heavy atom. The molecule has 0 spiro atoms. The highest BCUT2D eigenvalue weighted by atomic mass is 16.6. The molecule has 0 fully saturated rings. The van der Waals surface area contributed by atoms with Crippen LogP contribution < -0.4 is 10.5 Å². The van der Waals surface area contributed by atoms with Crippen molar-refractivity contribution < 1.29 is 19.6 Å². The van der Waals surface area contributed by atoms with Crippen molar-refractivity contribution >= 4 is 11.7 Å². The number of aliphatic carboxylic acids is 1. The van der Waals surface area contributed by atoms with Gasteiger partial charge in [-0.25, -0.2) is 0 Å². The highest BCUT2D eigenvalue weighted by Crippen LogP contribution is 2.28. The second-order valence-electron chi connectivity index (χ2n) is 4.41. The van der Waals surface area contributed by atoms with Gasteiger partial charge < -0.3 is 15.6 Å². The van der Waals surface area contributed by atoms with E-state index in [1.165, 1.54) is 12.1 Å². The van der Waals surface area contributed by atoms with E-state index in [0.717, 1.165) is 12.8 Å². The zero-order chi connectivity index (χ0) is 15.1. The molecular weight excluding hydrogens is 264 g/mol. The van der Waals surface area contributed by atoms with Crippen molar-refractivity contribution in [3.8, 4) is 5.75 Å². The smallest absolute Gasteiger partial charge is 0.320 e. The van der Waals surface area contributed by atoms with Crippen LogP contribution >= 0.6 is 0 Å². The van der Waals surface area contributed by atoms with Crippen LogP contribution in [0.4, 0.5) is 5.69 Å². The Bertz CT molecular complexity index is 490. The van der Waals surface area contributed by atoms with Crippen LogP contribution in [0.25, 0.3) is 0 Å².